The molecule has 0 saturated heterocycles. The van der Waals surface area contributed by atoms with Gasteiger partial charge in [-0.05, 0) is 35.1 Å². The van der Waals surface area contributed by atoms with Crippen molar-refractivity contribution < 1.29 is 0 Å². The Kier molecular flexibility index (Phi) is 3.50. The van der Waals surface area contributed by atoms with Gasteiger partial charge in [0, 0.05) is 11.8 Å². The summed E-state index contributed by atoms with van der Waals surface area (Å²) < 4.78 is 0. The number of nitriles is 1. The standard InChI is InChI=1S/C17H18N2O/c1-11-9-12(17(2,3)4)5-6-13(11)14-7-8-19-16(20)15(14)10-18/h5-9H,1-4H3,(H,19,20). The van der Waals surface area contributed by atoms with Crippen LogP contribution in [0.15, 0.2) is 35.3 Å². The van der Waals surface area contributed by atoms with Crippen LogP contribution in [0.3, 0.4) is 0 Å². The summed E-state index contributed by atoms with van der Waals surface area (Å²) in [5.74, 6) is 0. The third-order valence-corrected chi connectivity index (χ3v) is 3.46. The fraction of sp³-hybridized carbons (Fsp3) is 0.294. The average molecular weight is 266 g/mol. The van der Waals surface area contributed by atoms with Gasteiger partial charge in [0.2, 0.25) is 0 Å². The van der Waals surface area contributed by atoms with Gasteiger partial charge in [-0.2, -0.15) is 5.26 Å². The van der Waals surface area contributed by atoms with Crippen LogP contribution in [0.5, 0.6) is 0 Å². The number of hydrogen-bond donors (Lipinski definition) is 1. The molecule has 0 aliphatic rings. The smallest absolute Gasteiger partial charge is 0.266 e. The van der Waals surface area contributed by atoms with E-state index in [9.17, 15) is 4.79 Å². The van der Waals surface area contributed by atoms with E-state index in [0.29, 0.717) is 5.56 Å². The SMILES string of the molecule is Cc1cc(C(C)(C)C)ccc1-c1cc[nH]c(=O)c1C#N. The first kappa shape index (κ1) is 14.1. The summed E-state index contributed by atoms with van der Waals surface area (Å²) >= 11 is 0. The van der Waals surface area contributed by atoms with Crippen molar-refractivity contribution in [3.8, 4) is 17.2 Å². The molecule has 1 aromatic carbocycles. The van der Waals surface area contributed by atoms with E-state index in [1.54, 1.807) is 12.3 Å². The Hall–Kier alpha value is -2.34. The third-order valence-electron chi connectivity index (χ3n) is 3.46. The van der Waals surface area contributed by atoms with E-state index in [-0.39, 0.29) is 16.5 Å². The van der Waals surface area contributed by atoms with Crippen molar-refractivity contribution in [1.82, 2.24) is 4.98 Å². The van der Waals surface area contributed by atoms with Crippen molar-refractivity contribution in [3.05, 3.63) is 57.5 Å². The molecule has 0 amide bonds. The Balaban J connectivity index is 2.65. The highest BCUT2D eigenvalue weighted by molar-refractivity contribution is 5.73. The van der Waals surface area contributed by atoms with Gasteiger partial charge in [-0.25, -0.2) is 0 Å². The lowest BCUT2D eigenvalue weighted by Gasteiger charge is -2.20. The van der Waals surface area contributed by atoms with Gasteiger partial charge in [-0.15, -0.1) is 0 Å². The van der Waals surface area contributed by atoms with E-state index in [4.69, 9.17) is 5.26 Å². The molecule has 0 radical (unpaired) electrons. The van der Waals surface area contributed by atoms with Crippen molar-refractivity contribution in [3.63, 3.8) is 0 Å². The van der Waals surface area contributed by atoms with Gasteiger partial charge in [0.25, 0.3) is 5.56 Å². The van der Waals surface area contributed by atoms with E-state index in [1.807, 2.05) is 19.1 Å². The van der Waals surface area contributed by atoms with Crippen molar-refractivity contribution in [2.75, 3.05) is 0 Å². The van der Waals surface area contributed by atoms with Crippen molar-refractivity contribution in [2.24, 2.45) is 0 Å². The Morgan fingerprint density at radius 2 is 1.85 bits per heavy atom. The maximum Gasteiger partial charge on any atom is 0.266 e. The number of benzene rings is 1. The highest BCUT2D eigenvalue weighted by Crippen LogP contribution is 2.29. The number of pyridine rings is 1. The fourth-order valence-electron chi connectivity index (χ4n) is 2.25. The summed E-state index contributed by atoms with van der Waals surface area (Å²) in [5.41, 5.74) is 3.83. The largest absolute Gasteiger partial charge is 0.328 e. The summed E-state index contributed by atoms with van der Waals surface area (Å²) in [7, 11) is 0. The third kappa shape index (κ3) is 2.50. The molecule has 2 rings (SSSR count). The molecule has 3 nitrogen and oxygen atoms in total. The van der Waals surface area contributed by atoms with E-state index in [0.717, 1.165) is 11.1 Å². The number of H-pyrrole nitrogens is 1. The molecule has 0 atom stereocenters. The highest BCUT2D eigenvalue weighted by atomic mass is 16.1. The Morgan fingerprint density at radius 1 is 1.15 bits per heavy atom. The summed E-state index contributed by atoms with van der Waals surface area (Å²) in [6.45, 7) is 8.49. The summed E-state index contributed by atoms with van der Waals surface area (Å²) in [6.07, 6.45) is 1.58. The molecule has 1 heterocycles. The molecule has 0 unspecified atom stereocenters. The Labute approximate surface area is 118 Å². The second-order valence-corrected chi connectivity index (χ2v) is 5.99. The zero-order valence-electron chi connectivity index (χ0n) is 12.2. The molecular weight excluding hydrogens is 248 g/mol. The van der Waals surface area contributed by atoms with Gasteiger partial charge in [-0.1, -0.05) is 39.0 Å². The molecule has 0 aliphatic heterocycles. The van der Waals surface area contributed by atoms with Crippen LogP contribution in [0, 0.1) is 18.3 Å². The maximum absolute atomic E-state index is 11.7. The molecule has 1 N–H and O–H groups in total. The number of rotatable bonds is 1. The van der Waals surface area contributed by atoms with E-state index in [1.165, 1.54) is 5.56 Å². The number of nitrogens with zero attached hydrogens (tertiary/aromatic N) is 1. The molecule has 1 aromatic heterocycles. The van der Waals surface area contributed by atoms with Gasteiger partial charge in [0.15, 0.2) is 0 Å². The highest BCUT2D eigenvalue weighted by Gasteiger charge is 2.16. The first-order valence-electron chi connectivity index (χ1n) is 6.58. The van der Waals surface area contributed by atoms with Crippen molar-refractivity contribution in [2.45, 2.75) is 33.1 Å². The van der Waals surface area contributed by atoms with E-state index in [2.05, 4.69) is 37.9 Å². The predicted octanol–water partition coefficient (Wildman–Crippen LogP) is 3.52. The second-order valence-electron chi connectivity index (χ2n) is 5.99. The molecule has 3 heteroatoms. The molecule has 2 aromatic rings. The van der Waals surface area contributed by atoms with Crippen LogP contribution < -0.4 is 5.56 Å². The van der Waals surface area contributed by atoms with Crippen molar-refractivity contribution in [1.29, 1.82) is 5.26 Å². The average Bonchev–Trinajstić information content (AvgIpc) is 2.37. The Morgan fingerprint density at radius 3 is 2.40 bits per heavy atom. The number of aromatic amines is 1. The summed E-state index contributed by atoms with van der Waals surface area (Å²) in [5, 5.41) is 9.17. The van der Waals surface area contributed by atoms with Gasteiger partial charge >= 0.3 is 0 Å². The predicted molar refractivity (Wildman–Crippen MR) is 80.7 cm³/mol. The van der Waals surface area contributed by atoms with Gasteiger partial charge in [-0.3, -0.25) is 4.79 Å². The molecule has 0 fully saturated rings. The minimum atomic E-state index is -0.343. The van der Waals surface area contributed by atoms with Crippen LogP contribution in [-0.2, 0) is 5.41 Å². The lowest BCUT2D eigenvalue weighted by atomic mass is 9.84. The zero-order valence-corrected chi connectivity index (χ0v) is 12.2. The van der Waals surface area contributed by atoms with Gasteiger partial charge in [0.1, 0.15) is 11.6 Å². The van der Waals surface area contributed by atoms with Crippen LogP contribution in [0.2, 0.25) is 0 Å². The monoisotopic (exact) mass is 266 g/mol. The molecule has 0 spiro atoms. The number of aromatic nitrogens is 1. The van der Waals surface area contributed by atoms with E-state index >= 15 is 0 Å². The quantitative estimate of drug-likeness (QED) is 0.858. The molecular formula is C17H18N2O. The Bertz CT molecular complexity index is 743. The summed E-state index contributed by atoms with van der Waals surface area (Å²) in [4.78, 5) is 14.2. The van der Waals surface area contributed by atoms with Crippen LogP contribution in [0.1, 0.15) is 37.5 Å². The van der Waals surface area contributed by atoms with Crippen LogP contribution >= 0.6 is 0 Å². The van der Waals surface area contributed by atoms with Crippen molar-refractivity contribution >= 4 is 0 Å². The number of nitrogens with one attached hydrogen (secondary N) is 1. The maximum atomic E-state index is 11.7. The van der Waals surface area contributed by atoms with Crippen LogP contribution in [0.25, 0.3) is 11.1 Å². The molecule has 20 heavy (non-hydrogen) atoms. The minimum absolute atomic E-state index is 0.0789. The number of aryl methyl sites for hydroxylation is 1. The minimum Gasteiger partial charge on any atom is -0.328 e. The van der Waals surface area contributed by atoms with E-state index < -0.39 is 0 Å². The molecule has 102 valence electrons. The van der Waals surface area contributed by atoms with Gasteiger partial charge in [0.05, 0.1) is 0 Å². The van der Waals surface area contributed by atoms with Crippen LogP contribution in [-0.4, -0.2) is 4.98 Å². The van der Waals surface area contributed by atoms with Crippen LogP contribution in [0.4, 0.5) is 0 Å². The molecule has 0 saturated carbocycles. The second kappa shape index (κ2) is 4.97. The number of hydrogen-bond acceptors (Lipinski definition) is 2. The summed E-state index contributed by atoms with van der Waals surface area (Å²) in [6, 6.07) is 9.94. The molecule has 0 aliphatic carbocycles. The first-order valence-corrected chi connectivity index (χ1v) is 6.58. The topological polar surface area (TPSA) is 56.6 Å². The first-order chi connectivity index (χ1) is 9.34. The fourth-order valence-corrected chi connectivity index (χ4v) is 2.25. The molecule has 0 bridgehead atoms. The zero-order chi connectivity index (χ0) is 14.9. The lowest BCUT2D eigenvalue weighted by molar-refractivity contribution is 0.590. The lowest BCUT2D eigenvalue weighted by Crippen LogP contribution is -2.12. The van der Waals surface area contributed by atoms with Gasteiger partial charge < -0.3 is 4.98 Å². The normalized spacial score (nSPS) is 11.2.